The predicted octanol–water partition coefficient (Wildman–Crippen LogP) is 4.77. The van der Waals surface area contributed by atoms with Gasteiger partial charge in [-0.1, -0.05) is 12.1 Å². The molecular weight excluding hydrogens is 626 g/mol. The molecule has 1 saturated heterocycles. The fourth-order valence-corrected chi connectivity index (χ4v) is 8.21. The number of sulfonamides is 1. The number of methoxy groups -OCH3 is 1. The number of ether oxygens (including phenoxy) is 1. The minimum absolute atomic E-state index is 0.00948. The van der Waals surface area contributed by atoms with E-state index in [-0.39, 0.29) is 23.6 Å². The number of fused-ring (bicyclic) bond motifs is 4. The maximum absolute atomic E-state index is 15.0. The number of halogens is 2. The number of piperidine rings is 1. The van der Waals surface area contributed by atoms with Gasteiger partial charge < -0.3 is 24.5 Å². The highest BCUT2D eigenvalue weighted by Crippen LogP contribution is 2.41. The molecule has 8 rings (SSSR count). The van der Waals surface area contributed by atoms with Crippen LogP contribution in [0.1, 0.15) is 36.0 Å². The third-order valence-corrected chi connectivity index (χ3v) is 11.2. The van der Waals surface area contributed by atoms with E-state index in [1.54, 1.807) is 25.3 Å². The van der Waals surface area contributed by atoms with Gasteiger partial charge in [-0.2, -0.15) is 0 Å². The number of aryl methyl sites for hydroxylation is 1. The zero-order valence-electron chi connectivity index (χ0n) is 25.9. The fourth-order valence-electron chi connectivity index (χ4n) is 7.60. The van der Waals surface area contributed by atoms with Crippen molar-refractivity contribution in [2.45, 2.75) is 49.2 Å². The molecule has 3 fully saturated rings. The van der Waals surface area contributed by atoms with Crippen LogP contribution in [-0.2, 0) is 23.6 Å². The standard InChI is InChI=1S/C34H34F2N6O4S/c1-40-32-25(9-21(12-29(32)46-2)34(43)42-16-20-7-8-26(42)31(20)37)39-33(40)28-11-19-6-5-18(10-27(19)41(28)15-17-3-4-17)22-13-30(47(38,44)45)24(36)14-23(22)35/h5-6,9-14,17,20,26,31H,3-4,7-8,15-16,37H2,1-2H3,(H2,38,44,45). The molecule has 3 heterocycles. The van der Waals surface area contributed by atoms with E-state index in [0.29, 0.717) is 59.2 Å². The van der Waals surface area contributed by atoms with E-state index < -0.39 is 26.6 Å². The maximum atomic E-state index is 15.0. The molecule has 5 aromatic rings. The van der Waals surface area contributed by atoms with Crippen LogP contribution in [0.5, 0.6) is 5.75 Å². The first-order valence-electron chi connectivity index (χ1n) is 15.7. The second-order valence-corrected chi connectivity index (χ2v) is 14.7. The van der Waals surface area contributed by atoms with Crippen LogP contribution in [0.25, 0.3) is 44.6 Å². The van der Waals surface area contributed by atoms with Crippen molar-refractivity contribution < 1.29 is 26.7 Å². The molecule has 244 valence electrons. The first-order chi connectivity index (χ1) is 22.4. The molecular formula is C34H34F2N6O4S. The number of rotatable bonds is 7. The highest BCUT2D eigenvalue weighted by Gasteiger charge is 2.47. The first kappa shape index (κ1) is 30.0. The van der Waals surface area contributed by atoms with Gasteiger partial charge in [-0.25, -0.2) is 27.3 Å². The van der Waals surface area contributed by atoms with Crippen LogP contribution >= 0.6 is 0 Å². The van der Waals surface area contributed by atoms with Crippen LogP contribution < -0.4 is 15.6 Å². The predicted molar refractivity (Wildman–Crippen MR) is 173 cm³/mol. The lowest BCUT2D eigenvalue weighted by atomic mass is 10.0. The van der Waals surface area contributed by atoms with Gasteiger partial charge in [-0.05, 0) is 73.4 Å². The number of hydrogen-bond acceptors (Lipinski definition) is 6. The number of hydrogen-bond donors (Lipinski definition) is 2. The molecule has 10 nitrogen and oxygen atoms in total. The molecule has 2 aromatic heterocycles. The van der Waals surface area contributed by atoms with E-state index in [1.807, 2.05) is 34.7 Å². The number of nitrogens with two attached hydrogens (primary N) is 2. The lowest BCUT2D eigenvalue weighted by Gasteiger charge is -2.27. The monoisotopic (exact) mass is 660 g/mol. The highest BCUT2D eigenvalue weighted by atomic mass is 32.2. The summed E-state index contributed by atoms with van der Waals surface area (Å²) in [6.07, 6.45) is 4.12. The Labute approximate surface area is 270 Å². The van der Waals surface area contributed by atoms with Crippen LogP contribution in [-0.4, -0.2) is 59.1 Å². The average Bonchev–Trinajstić information content (AvgIpc) is 3.44. The molecule has 13 heteroatoms. The lowest BCUT2D eigenvalue weighted by Crippen LogP contribution is -2.41. The van der Waals surface area contributed by atoms with E-state index in [0.717, 1.165) is 53.9 Å². The van der Waals surface area contributed by atoms with Gasteiger partial charge in [0.2, 0.25) is 10.0 Å². The second kappa shape index (κ2) is 10.6. The Kier molecular flexibility index (Phi) is 6.77. The Morgan fingerprint density at radius 2 is 1.83 bits per heavy atom. The Balaban J connectivity index is 1.25. The molecule has 3 unspecified atom stereocenters. The van der Waals surface area contributed by atoms with Crippen molar-refractivity contribution in [1.82, 2.24) is 19.0 Å². The van der Waals surface area contributed by atoms with E-state index >= 15 is 4.39 Å². The quantitative estimate of drug-likeness (QED) is 0.258. The van der Waals surface area contributed by atoms with Gasteiger partial charge in [-0.3, -0.25) is 4.79 Å². The van der Waals surface area contributed by atoms with Crippen LogP contribution in [0.3, 0.4) is 0 Å². The molecule has 3 aliphatic rings. The van der Waals surface area contributed by atoms with Crippen molar-refractivity contribution in [1.29, 1.82) is 0 Å². The van der Waals surface area contributed by atoms with Crippen molar-refractivity contribution in [2.24, 2.45) is 29.8 Å². The summed E-state index contributed by atoms with van der Waals surface area (Å²) in [6.45, 7) is 1.35. The van der Waals surface area contributed by atoms with Gasteiger partial charge in [0, 0.05) is 60.3 Å². The zero-order valence-corrected chi connectivity index (χ0v) is 26.7. The van der Waals surface area contributed by atoms with E-state index in [2.05, 4.69) is 4.57 Å². The molecule has 1 amide bonds. The third kappa shape index (κ3) is 4.82. The molecule has 2 aliphatic carbocycles. The average molecular weight is 661 g/mol. The summed E-state index contributed by atoms with van der Waals surface area (Å²) >= 11 is 0. The van der Waals surface area contributed by atoms with Crippen LogP contribution in [0.2, 0.25) is 0 Å². The van der Waals surface area contributed by atoms with Gasteiger partial charge >= 0.3 is 0 Å². The number of nitrogens with zero attached hydrogens (tertiary/aromatic N) is 4. The maximum Gasteiger partial charge on any atom is 0.254 e. The van der Waals surface area contributed by atoms with Crippen LogP contribution in [0.4, 0.5) is 8.78 Å². The molecule has 3 atom stereocenters. The van der Waals surface area contributed by atoms with Gasteiger partial charge in [0.15, 0.2) is 5.82 Å². The number of imidazole rings is 1. The van der Waals surface area contributed by atoms with E-state index in [4.69, 9.17) is 20.6 Å². The topological polar surface area (TPSA) is 138 Å². The number of amides is 1. The summed E-state index contributed by atoms with van der Waals surface area (Å²) in [7, 11) is -0.933. The number of benzene rings is 3. The number of carbonyl (C=O) groups excluding carboxylic acids is 1. The van der Waals surface area contributed by atoms with E-state index in [9.17, 15) is 17.6 Å². The summed E-state index contributed by atoms with van der Waals surface area (Å²) in [4.78, 5) is 19.9. The SMILES string of the molecule is COc1cc(C(=O)N2CC3CCC2C3N)cc2nc(-c3cc4ccc(-c5cc(S(N)(=O)=O)c(F)cc5F)cc4n3CC3CC3)n(C)c12. The van der Waals surface area contributed by atoms with Crippen LogP contribution in [0.15, 0.2) is 53.4 Å². The van der Waals surface area contributed by atoms with Crippen LogP contribution in [0, 0.1) is 23.5 Å². The molecule has 3 aromatic carbocycles. The fraction of sp³-hybridized carbons (Fsp3) is 0.353. The minimum atomic E-state index is -4.41. The van der Waals surface area contributed by atoms with E-state index in [1.165, 1.54) is 0 Å². The Hall–Kier alpha value is -4.33. The minimum Gasteiger partial charge on any atom is -0.494 e. The summed E-state index contributed by atoms with van der Waals surface area (Å²) in [6, 6.07) is 12.4. The zero-order chi connectivity index (χ0) is 32.9. The van der Waals surface area contributed by atoms with Crippen molar-refractivity contribution in [3.8, 4) is 28.4 Å². The Morgan fingerprint density at radius 3 is 2.49 bits per heavy atom. The van der Waals surface area contributed by atoms with Crippen molar-refractivity contribution in [3.63, 3.8) is 0 Å². The number of aromatic nitrogens is 3. The van der Waals surface area contributed by atoms with Crippen molar-refractivity contribution in [3.05, 3.63) is 65.7 Å². The van der Waals surface area contributed by atoms with Gasteiger partial charge in [-0.15, -0.1) is 0 Å². The molecule has 4 N–H and O–H groups in total. The number of carbonyl (C=O) groups is 1. The Morgan fingerprint density at radius 1 is 1.04 bits per heavy atom. The number of likely N-dealkylation sites (tertiary alicyclic amines) is 1. The molecule has 2 saturated carbocycles. The van der Waals surface area contributed by atoms with Crippen molar-refractivity contribution >= 4 is 37.9 Å². The second-order valence-electron chi connectivity index (χ2n) is 13.1. The smallest absolute Gasteiger partial charge is 0.254 e. The third-order valence-electron chi connectivity index (χ3n) is 10.2. The molecule has 2 bridgehead atoms. The van der Waals surface area contributed by atoms with Crippen molar-refractivity contribution in [2.75, 3.05) is 13.7 Å². The Bertz CT molecular complexity index is 2240. The normalized spacial score (nSPS) is 21.0. The largest absolute Gasteiger partial charge is 0.494 e. The highest BCUT2D eigenvalue weighted by molar-refractivity contribution is 7.89. The lowest BCUT2D eigenvalue weighted by molar-refractivity contribution is 0.0700. The number of primary sulfonamides is 1. The molecule has 0 spiro atoms. The summed E-state index contributed by atoms with van der Waals surface area (Å²) in [5.41, 5.74) is 10.2. The summed E-state index contributed by atoms with van der Waals surface area (Å²) in [5, 5.41) is 6.07. The first-order valence-corrected chi connectivity index (χ1v) is 17.2. The van der Waals surface area contributed by atoms with Gasteiger partial charge in [0.1, 0.15) is 27.8 Å². The molecule has 47 heavy (non-hydrogen) atoms. The molecule has 0 radical (unpaired) electrons. The summed E-state index contributed by atoms with van der Waals surface area (Å²) in [5.74, 6) is -0.230. The molecule has 1 aliphatic heterocycles. The summed E-state index contributed by atoms with van der Waals surface area (Å²) < 4.78 is 63.2. The van der Waals surface area contributed by atoms with Gasteiger partial charge in [0.05, 0.1) is 18.3 Å². The van der Waals surface area contributed by atoms with Gasteiger partial charge in [0.25, 0.3) is 5.91 Å².